The zero-order valence-corrected chi connectivity index (χ0v) is 18.7. The SMILES string of the molecule is COc1ccc(Br)cc1[C@@H]1CC(=O)N2CN(c3ccc(Cl)cc3)CSC2=C1C#N. The summed E-state index contributed by atoms with van der Waals surface area (Å²) >= 11 is 11.0. The Bertz CT molecular complexity index is 1040. The molecule has 148 valence electrons. The molecule has 0 bridgehead atoms. The number of allylic oxidation sites excluding steroid dienone is 1. The summed E-state index contributed by atoms with van der Waals surface area (Å²) in [4.78, 5) is 16.9. The first-order valence-electron chi connectivity index (χ1n) is 8.93. The Morgan fingerprint density at radius 3 is 2.72 bits per heavy atom. The van der Waals surface area contributed by atoms with Crippen LogP contribution in [0, 0.1) is 11.3 Å². The molecule has 0 aromatic heterocycles. The first kappa shape index (κ1) is 20.1. The number of thioether (sulfide) groups is 1. The second-order valence-electron chi connectivity index (χ2n) is 6.73. The van der Waals surface area contributed by atoms with Gasteiger partial charge >= 0.3 is 0 Å². The third-order valence-corrected chi connectivity index (χ3v) is 6.95. The van der Waals surface area contributed by atoms with Crippen LogP contribution in [0.5, 0.6) is 5.75 Å². The lowest BCUT2D eigenvalue weighted by Gasteiger charge is -2.42. The monoisotopic (exact) mass is 489 g/mol. The van der Waals surface area contributed by atoms with E-state index in [1.807, 2.05) is 42.5 Å². The summed E-state index contributed by atoms with van der Waals surface area (Å²) in [6, 6.07) is 15.6. The molecule has 2 heterocycles. The van der Waals surface area contributed by atoms with Gasteiger partial charge in [0.1, 0.15) is 5.75 Å². The van der Waals surface area contributed by atoms with Gasteiger partial charge in [0.05, 0.1) is 36.3 Å². The maximum atomic E-state index is 13.1. The van der Waals surface area contributed by atoms with Crippen molar-refractivity contribution in [2.45, 2.75) is 12.3 Å². The van der Waals surface area contributed by atoms with E-state index in [-0.39, 0.29) is 18.2 Å². The molecule has 4 rings (SSSR count). The Labute approximate surface area is 187 Å². The third kappa shape index (κ3) is 3.85. The van der Waals surface area contributed by atoms with Crippen LogP contribution in [0.2, 0.25) is 5.02 Å². The third-order valence-electron chi connectivity index (χ3n) is 5.05. The Hall–Kier alpha value is -2.14. The lowest BCUT2D eigenvalue weighted by molar-refractivity contribution is -0.129. The number of rotatable bonds is 3. The van der Waals surface area contributed by atoms with Gasteiger partial charge in [-0.3, -0.25) is 9.69 Å². The van der Waals surface area contributed by atoms with Crippen molar-refractivity contribution in [2.24, 2.45) is 0 Å². The number of anilines is 1. The number of fused-ring (bicyclic) bond motifs is 1. The van der Waals surface area contributed by atoms with Crippen LogP contribution < -0.4 is 9.64 Å². The van der Waals surface area contributed by atoms with E-state index in [0.717, 1.165) is 20.8 Å². The number of benzene rings is 2. The van der Waals surface area contributed by atoms with Crippen molar-refractivity contribution in [3.8, 4) is 11.8 Å². The molecule has 5 nitrogen and oxygen atoms in total. The average molecular weight is 491 g/mol. The highest BCUT2D eigenvalue weighted by molar-refractivity contribution is 9.10. The standard InChI is InChI=1S/C21H17BrClN3O2S/c1-28-19-7-2-13(22)8-17(19)16-9-20(27)26-11-25(12-29-21(26)18(16)10-24)15-5-3-14(23)4-6-15/h2-8,16H,9,11-12H2,1H3/t16-/m0/s1. The van der Waals surface area contributed by atoms with Crippen molar-refractivity contribution in [3.63, 3.8) is 0 Å². The van der Waals surface area contributed by atoms with Gasteiger partial charge in [0.15, 0.2) is 0 Å². The summed E-state index contributed by atoms with van der Waals surface area (Å²) < 4.78 is 6.38. The topological polar surface area (TPSA) is 56.6 Å². The second kappa shape index (κ2) is 8.31. The molecule has 1 atom stereocenters. The van der Waals surface area contributed by atoms with Gasteiger partial charge in [-0.1, -0.05) is 39.3 Å². The zero-order chi connectivity index (χ0) is 20.5. The molecular formula is C21H17BrClN3O2S. The van der Waals surface area contributed by atoms with E-state index in [2.05, 4.69) is 26.9 Å². The van der Waals surface area contributed by atoms with E-state index in [1.165, 1.54) is 11.8 Å². The van der Waals surface area contributed by atoms with E-state index in [9.17, 15) is 10.1 Å². The normalized spacial score (nSPS) is 19.1. The van der Waals surface area contributed by atoms with Gasteiger partial charge in [0.2, 0.25) is 5.91 Å². The van der Waals surface area contributed by atoms with E-state index in [4.69, 9.17) is 16.3 Å². The van der Waals surface area contributed by atoms with Gasteiger partial charge in [0.25, 0.3) is 0 Å². The molecule has 0 aliphatic carbocycles. The molecule has 0 saturated carbocycles. The molecular weight excluding hydrogens is 474 g/mol. The summed E-state index contributed by atoms with van der Waals surface area (Å²) in [5, 5.41) is 11.4. The molecule has 2 aromatic rings. The highest BCUT2D eigenvalue weighted by Crippen LogP contribution is 2.45. The van der Waals surface area contributed by atoms with Crippen molar-refractivity contribution < 1.29 is 9.53 Å². The van der Waals surface area contributed by atoms with Crippen LogP contribution in [0.3, 0.4) is 0 Å². The number of halogens is 2. The Kier molecular flexibility index (Phi) is 5.77. The number of nitrogens with zero attached hydrogens (tertiary/aromatic N) is 3. The van der Waals surface area contributed by atoms with Crippen LogP contribution >= 0.6 is 39.3 Å². The molecule has 1 saturated heterocycles. The summed E-state index contributed by atoms with van der Waals surface area (Å²) in [6.45, 7) is 0.413. The van der Waals surface area contributed by atoms with Crippen LogP contribution in [0.25, 0.3) is 0 Å². The second-order valence-corrected chi connectivity index (χ2v) is 9.01. The van der Waals surface area contributed by atoms with Crippen molar-refractivity contribution in [3.05, 3.63) is 68.1 Å². The number of methoxy groups -OCH3 is 1. The largest absolute Gasteiger partial charge is 0.496 e. The molecule has 2 aliphatic rings. The Morgan fingerprint density at radius 1 is 1.28 bits per heavy atom. The summed E-state index contributed by atoms with van der Waals surface area (Å²) in [6.07, 6.45) is 0.230. The fourth-order valence-electron chi connectivity index (χ4n) is 3.62. The fraction of sp³-hybridized carbons (Fsp3) is 0.238. The Morgan fingerprint density at radius 2 is 2.03 bits per heavy atom. The quantitative estimate of drug-likeness (QED) is 0.582. The number of carbonyl (C=O) groups excluding carboxylic acids is 1. The van der Waals surface area contributed by atoms with E-state index in [1.54, 1.807) is 12.0 Å². The summed E-state index contributed by atoms with van der Waals surface area (Å²) in [5.74, 6) is 1.00. The van der Waals surface area contributed by atoms with Crippen LogP contribution in [0.15, 0.2) is 57.5 Å². The van der Waals surface area contributed by atoms with Crippen LogP contribution in [-0.2, 0) is 4.79 Å². The highest BCUT2D eigenvalue weighted by Gasteiger charge is 2.39. The van der Waals surface area contributed by atoms with Crippen LogP contribution in [-0.4, -0.2) is 30.5 Å². The number of hydrogen-bond acceptors (Lipinski definition) is 5. The number of hydrogen-bond donors (Lipinski definition) is 0. The predicted molar refractivity (Wildman–Crippen MR) is 119 cm³/mol. The van der Waals surface area contributed by atoms with E-state index < -0.39 is 0 Å². The number of nitriles is 1. The molecule has 0 unspecified atom stereocenters. The van der Waals surface area contributed by atoms with Gasteiger partial charge in [-0.25, -0.2) is 0 Å². The van der Waals surface area contributed by atoms with Gasteiger partial charge in [0, 0.05) is 33.1 Å². The van der Waals surface area contributed by atoms with Gasteiger partial charge in [-0.05, 0) is 42.5 Å². The van der Waals surface area contributed by atoms with Crippen LogP contribution in [0.1, 0.15) is 17.9 Å². The number of ether oxygens (including phenoxy) is 1. The highest BCUT2D eigenvalue weighted by atomic mass is 79.9. The predicted octanol–water partition coefficient (Wildman–Crippen LogP) is 5.33. The molecule has 0 N–H and O–H groups in total. The number of carbonyl (C=O) groups is 1. The summed E-state index contributed by atoms with van der Waals surface area (Å²) in [7, 11) is 1.60. The van der Waals surface area contributed by atoms with Crippen LogP contribution in [0.4, 0.5) is 5.69 Å². The fourth-order valence-corrected chi connectivity index (χ4v) is 5.29. The van der Waals surface area contributed by atoms with Crippen molar-refractivity contribution in [2.75, 3.05) is 24.6 Å². The smallest absolute Gasteiger partial charge is 0.229 e. The molecule has 1 fully saturated rings. The zero-order valence-electron chi connectivity index (χ0n) is 15.6. The maximum Gasteiger partial charge on any atom is 0.229 e. The first-order valence-corrected chi connectivity index (χ1v) is 11.1. The Balaban J connectivity index is 1.70. The van der Waals surface area contributed by atoms with Gasteiger partial charge < -0.3 is 9.64 Å². The molecule has 29 heavy (non-hydrogen) atoms. The molecule has 0 spiro atoms. The van der Waals surface area contributed by atoms with Crippen molar-refractivity contribution in [1.29, 1.82) is 5.26 Å². The van der Waals surface area contributed by atoms with Crippen molar-refractivity contribution in [1.82, 2.24) is 4.90 Å². The van der Waals surface area contributed by atoms with Gasteiger partial charge in [-0.2, -0.15) is 5.26 Å². The number of amides is 1. The minimum Gasteiger partial charge on any atom is -0.496 e. The van der Waals surface area contributed by atoms with E-state index in [0.29, 0.717) is 28.9 Å². The van der Waals surface area contributed by atoms with Gasteiger partial charge in [-0.15, -0.1) is 0 Å². The molecule has 1 amide bonds. The molecule has 2 aromatic carbocycles. The first-order chi connectivity index (χ1) is 14.0. The average Bonchev–Trinajstić information content (AvgIpc) is 2.74. The van der Waals surface area contributed by atoms with Crippen molar-refractivity contribution >= 4 is 50.9 Å². The minimum atomic E-state index is -0.319. The molecule has 0 radical (unpaired) electrons. The lowest BCUT2D eigenvalue weighted by atomic mass is 9.86. The molecule has 2 aliphatic heterocycles. The maximum absolute atomic E-state index is 13.1. The molecule has 8 heteroatoms. The minimum absolute atomic E-state index is 0.00260. The van der Waals surface area contributed by atoms with E-state index >= 15 is 0 Å². The summed E-state index contributed by atoms with van der Waals surface area (Å²) in [5.41, 5.74) is 2.45. The lowest BCUT2D eigenvalue weighted by Crippen LogP contribution is -2.47.